The van der Waals surface area contributed by atoms with E-state index >= 15 is 0 Å². The third-order valence-corrected chi connectivity index (χ3v) is 1.37. The molecule has 13 heavy (non-hydrogen) atoms. The minimum absolute atomic E-state index is 0.818. The molecule has 0 aromatic carbocycles. The van der Waals surface area contributed by atoms with Gasteiger partial charge >= 0.3 is 11.9 Å². The molecule has 1 amide bonds. The van der Waals surface area contributed by atoms with Crippen LogP contribution in [-0.2, 0) is 9.59 Å². The van der Waals surface area contributed by atoms with Gasteiger partial charge in [0.1, 0.15) is 0 Å². The van der Waals surface area contributed by atoms with Crippen molar-refractivity contribution in [2.24, 2.45) is 5.73 Å². The Bertz CT molecular complexity index is 220. The van der Waals surface area contributed by atoms with Crippen LogP contribution in [0.5, 0.6) is 0 Å². The molecular weight excluding hydrogens is 186 g/mol. The van der Waals surface area contributed by atoms with Crippen molar-refractivity contribution >= 4 is 11.9 Å². The summed E-state index contributed by atoms with van der Waals surface area (Å²) in [6, 6.07) is -0.981. The van der Waals surface area contributed by atoms with Gasteiger partial charge < -0.3 is 10.8 Å². The molecule has 5 nitrogen and oxygen atoms in total. The summed E-state index contributed by atoms with van der Waals surface area (Å²) in [4.78, 5) is 20.3. The molecule has 0 rings (SSSR count). The Morgan fingerprint density at radius 3 is 2.38 bits per heavy atom. The van der Waals surface area contributed by atoms with Crippen LogP contribution in [0.15, 0.2) is 0 Å². The van der Waals surface area contributed by atoms with Crippen LogP contribution in [0.4, 0.5) is 8.78 Å². The fraction of sp³-hybridized carbons (Fsp3) is 0.667. The van der Waals surface area contributed by atoms with E-state index in [-0.39, 0.29) is 0 Å². The van der Waals surface area contributed by atoms with Gasteiger partial charge in [0.05, 0.1) is 12.6 Å². The standard InChI is InChI=1S/C6H10F2N2O3/c1-3(4(9)11)10-2-6(7,8)5(12)13/h3,10H,2H2,1H3,(H2,9,11)(H,12,13). The van der Waals surface area contributed by atoms with Gasteiger partial charge in [0.2, 0.25) is 5.91 Å². The number of carbonyl (C=O) groups excluding carboxylic acids is 1. The number of hydrogen-bond donors (Lipinski definition) is 3. The van der Waals surface area contributed by atoms with Crippen LogP contribution in [0.2, 0.25) is 0 Å². The van der Waals surface area contributed by atoms with Crippen LogP contribution in [-0.4, -0.2) is 35.5 Å². The molecular formula is C6H10F2N2O3. The Balaban J connectivity index is 4.02. The Morgan fingerprint density at radius 2 is 2.08 bits per heavy atom. The van der Waals surface area contributed by atoms with Gasteiger partial charge in [0.15, 0.2) is 0 Å². The zero-order valence-corrected chi connectivity index (χ0v) is 6.88. The van der Waals surface area contributed by atoms with Crippen LogP contribution in [0.25, 0.3) is 0 Å². The summed E-state index contributed by atoms with van der Waals surface area (Å²) >= 11 is 0. The van der Waals surface area contributed by atoms with Crippen LogP contribution in [0.1, 0.15) is 6.92 Å². The summed E-state index contributed by atoms with van der Waals surface area (Å²) in [7, 11) is 0. The van der Waals surface area contributed by atoms with Crippen molar-refractivity contribution in [3.8, 4) is 0 Å². The van der Waals surface area contributed by atoms with Crippen LogP contribution in [0.3, 0.4) is 0 Å². The highest BCUT2D eigenvalue weighted by Crippen LogP contribution is 2.11. The maximum absolute atomic E-state index is 12.4. The lowest BCUT2D eigenvalue weighted by Gasteiger charge is -2.14. The van der Waals surface area contributed by atoms with E-state index < -0.39 is 30.4 Å². The molecule has 0 heterocycles. The third-order valence-electron chi connectivity index (χ3n) is 1.37. The lowest BCUT2D eigenvalue weighted by atomic mass is 10.3. The van der Waals surface area contributed by atoms with E-state index in [2.05, 4.69) is 0 Å². The summed E-state index contributed by atoms with van der Waals surface area (Å²) < 4.78 is 24.7. The summed E-state index contributed by atoms with van der Waals surface area (Å²) in [5.74, 6) is -6.94. The summed E-state index contributed by atoms with van der Waals surface area (Å²) in [5, 5.41) is 9.98. The maximum Gasteiger partial charge on any atom is 0.375 e. The number of rotatable bonds is 5. The van der Waals surface area contributed by atoms with Gasteiger partial charge in [-0.3, -0.25) is 10.1 Å². The van der Waals surface area contributed by atoms with E-state index in [1.165, 1.54) is 6.92 Å². The van der Waals surface area contributed by atoms with Crippen LogP contribution in [0, 0.1) is 0 Å². The fourth-order valence-corrected chi connectivity index (χ4v) is 0.457. The highest BCUT2D eigenvalue weighted by Gasteiger charge is 2.38. The van der Waals surface area contributed by atoms with Crippen molar-refractivity contribution in [2.45, 2.75) is 18.9 Å². The van der Waals surface area contributed by atoms with E-state index in [0.717, 1.165) is 0 Å². The molecule has 0 aliphatic carbocycles. The maximum atomic E-state index is 12.4. The second kappa shape index (κ2) is 4.13. The number of carboxylic acid groups (broad SMARTS) is 1. The highest BCUT2D eigenvalue weighted by atomic mass is 19.3. The number of carboxylic acids is 1. The molecule has 0 bridgehead atoms. The monoisotopic (exact) mass is 196 g/mol. The SMILES string of the molecule is CC(NCC(F)(F)C(=O)O)C(N)=O. The Kier molecular flexibility index (Phi) is 3.73. The third kappa shape index (κ3) is 3.79. The molecule has 0 radical (unpaired) electrons. The Morgan fingerprint density at radius 1 is 1.62 bits per heavy atom. The molecule has 0 aliphatic rings. The van der Waals surface area contributed by atoms with Crippen molar-refractivity contribution in [1.82, 2.24) is 5.32 Å². The summed E-state index contributed by atoms with van der Waals surface area (Å²) in [5.41, 5.74) is 4.75. The average molecular weight is 196 g/mol. The minimum atomic E-state index is -3.89. The molecule has 0 saturated carbocycles. The molecule has 0 aliphatic heterocycles. The number of nitrogens with one attached hydrogen (secondary N) is 1. The molecule has 0 spiro atoms. The highest BCUT2D eigenvalue weighted by molar-refractivity contribution is 5.79. The zero-order chi connectivity index (χ0) is 10.6. The first-order valence-corrected chi connectivity index (χ1v) is 3.41. The molecule has 7 heteroatoms. The number of alkyl halides is 2. The number of amides is 1. The van der Waals surface area contributed by atoms with Gasteiger partial charge in [0, 0.05) is 0 Å². The molecule has 1 atom stereocenters. The first kappa shape index (κ1) is 11.8. The van der Waals surface area contributed by atoms with Gasteiger partial charge in [-0.1, -0.05) is 0 Å². The number of primary amides is 1. The Hall–Kier alpha value is -1.24. The average Bonchev–Trinajstić information content (AvgIpc) is 1.99. The number of nitrogens with two attached hydrogens (primary N) is 1. The number of hydrogen-bond acceptors (Lipinski definition) is 3. The topological polar surface area (TPSA) is 92.4 Å². The lowest BCUT2D eigenvalue weighted by Crippen LogP contribution is -2.47. The molecule has 4 N–H and O–H groups in total. The molecule has 0 aromatic rings. The number of aliphatic carboxylic acids is 1. The first-order valence-electron chi connectivity index (χ1n) is 3.41. The van der Waals surface area contributed by atoms with E-state index in [4.69, 9.17) is 10.8 Å². The number of carbonyl (C=O) groups is 2. The lowest BCUT2D eigenvalue weighted by molar-refractivity contribution is -0.164. The van der Waals surface area contributed by atoms with E-state index in [0.29, 0.717) is 0 Å². The summed E-state index contributed by atoms with van der Waals surface area (Å²) in [6.45, 7) is 0.146. The predicted octanol–water partition coefficient (Wildman–Crippen LogP) is -0.830. The van der Waals surface area contributed by atoms with E-state index in [9.17, 15) is 18.4 Å². The number of halogens is 2. The van der Waals surface area contributed by atoms with Gasteiger partial charge in [-0.05, 0) is 6.92 Å². The molecule has 0 fully saturated rings. The molecule has 1 unspecified atom stereocenters. The predicted molar refractivity (Wildman–Crippen MR) is 39.2 cm³/mol. The van der Waals surface area contributed by atoms with Crippen molar-refractivity contribution in [1.29, 1.82) is 0 Å². The minimum Gasteiger partial charge on any atom is -0.477 e. The van der Waals surface area contributed by atoms with Gasteiger partial charge in [-0.2, -0.15) is 8.78 Å². The van der Waals surface area contributed by atoms with Crippen molar-refractivity contribution in [3.63, 3.8) is 0 Å². The van der Waals surface area contributed by atoms with Crippen molar-refractivity contribution in [2.75, 3.05) is 6.54 Å². The Labute approximate surface area is 72.9 Å². The molecule has 0 aromatic heterocycles. The van der Waals surface area contributed by atoms with Gasteiger partial charge in [-0.25, -0.2) is 4.79 Å². The first-order chi connectivity index (χ1) is 5.77. The fourth-order valence-electron chi connectivity index (χ4n) is 0.457. The second-order valence-electron chi connectivity index (χ2n) is 2.51. The van der Waals surface area contributed by atoms with Crippen LogP contribution >= 0.6 is 0 Å². The quantitative estimate of drug-likeness (QED) is 0.535. The van der Waals surface area contributed by atoms with E-state index in [1.54, 1.807) is 0 Å². The second-order valence-corrected chi connectivity index (χ2v) is 2.51. The molecule has 0 saturated heterocycles. The molecule has 76 valence electrons. The zero-order valence-electron chi connectivity index (χ0n) is 6.88. The van der Waals surface area contributed by atoms with Gasteiger partial charge in [0.25, 0.3) is 0 Å². The van der Waals surface area contributed by atoms with Gasteiger partial charge in [-0.15, -0.1) is 0 Å². The smallest absolute Gasteiger partial charge is 0.375 e. The van der Waals surface area contributed by atoms with Crippen molar-refractivity contribution in [3.05, 3.63) is 0 Å². The van der Waals surface area contributed by atoms with Crippen molar-refractivity contribution < 1.29 is 23.5 Å². The largest absolute Gasteiger partial charge is 0.477 e. The summed E-state index contributed by atoms with van der Waals surface area (Å²) in [6.07, 6.45) is 0. The van der Waals surface area contributed by atoms with E-state index in [1.807, 2.05) is 5.32 Å². The normalized spacial score (nSPS) is 13.8. The van der Waals surface area contributed by atoms with Crippen LogP contribution < -0.4 is 11.1 Å².